The van der Waals surface area contributed by atoms with Crippen LogP contribution in [0.25, 0.3) is 0 Å². The number of rotatable bonds is 5. The second-order valence-electron chi connectivity index (χ2n) is 5.01. The number of carbonyl (C=O) groups excluding carboxylic acids is 3. The van der Waals surface area contributed by atoms with Gasteiger partial charge in [0.25, 0.3) is 0 Å². The van der Waals surface area contributed by atoms with Gasteiger partial charge in [0, 0.05) is 19.8 Å². The van der Waals surface area contributed by atoms with Gasteiger partial charge >= 0.3 is 11.9 Å². The normalized spacial score (nSPS) is 9.23. The number of hydrogen-bond donors (Lipinski definition) is 1. The Morgan fingerprint density at radius 3 is 1.96 bits per heavy atom. The number of nitrogens with one attached hydrogen (secondary N) is 1. The molecule has 0 saturated carbocycles. The Kier molecular flexibility index (Phi) is 8.36. The lowest BCUT2D eigenvalue weighted by molar-refractivity contribution is -0.107. The summed E-state index contributed by atoms with van der Waals surface area (Å²) < 4.78 is 9.19. The van der Waals surface area contributed by atoms with Crippen LogP contribution in [0.2, 0.25) is 0 Å². The topological polar surface area (TPSA) is 84.9 Å². The fourth-order valence-electron chi connectivity index (χ4n) is 2.11. The molecule has 0 radical (unpaired) electrons. The van der Waals surface area contributed by atoms with Crippen molar-refractivity contribution in [2.75, 3.05) is 38.5 Å². The number of amides is 1. The van der Waals surface area contributed by atoms with Crippen molar-refractivity contribution < 1.29 is 23.9 Å². The minimum absolute atomic E-state index is 0.319. The number of nitrogens with zero attached hydrogens (tertiary/aromatic N) is 1. The Bertz CT molecular complexity index is 761. The third-order valence-electron chi connectivity index (χ3n) is 3.45. The second-order valence-corrected chi connectivity index (χ2v) is 5.01. The van der Waals surface area contributed by atoms with Crippen molar-refractivity contribution in [3.63, 3.8) is 0 Å². The van der Waals surface area contributed by atoms with E-state index in [1.807, 2.05) is 12.1 Å². The standard InChI is InChI=1S/C10H11NO3.C9H11NO2/c1-11(7-12)9-6-4-3-5-8(9)10(13)14-2;1-10-8-6-4-3-5-7(8)9(11)12-2/h3-7H,1-2H3;3-6,10H,1-2H3. The maximum absolute atomic E-state index is 11.3. The van der Waals surface area contributed by atoms with Crippen LogP contribution in [-0.2, 0) is 14.3 Å². The Balaban J connectivity index is 0.000000263. The van der Waals surface area contributed by atoms with Crippen molar-refractivity contribution >= 4 is 29.7 Å². The number of hydrogen-bond acceptors (Lipinski definition) is 6. The number of carbonyl (C=O) groups is 3. The van der Waals surface area contributed by atoms with Crippen molar-refractivity contribution in [1.82, 2.24) is 0 Å². The van der Waals surface area contributed by atoms with Gasteiger partial charge in [-0.1, -0.05) is 24.3 Å². The van der Waals surface area contributed by atoms with Gasteiger partial charge in [-0.2, -0.15) is 0 Å². The summed E-state index contributed by atoms with van der Waals surface area (Å²) in [4.78, 5) is 34.3. The molecule has 0 heterocycles. The molecular weight excluding hydrogens is 336 g/mol. The minimum Gasteiger partial charge on any atom is -0.465 e. The highest BCUT2D eigenvalue weighted by Gasteiger charge is 2.13. The molecule has 7 nitrogen and oxygen atoms in total. The Morgan fingerprint density at radius 1 is 0.923 bits per heavy atom. The first-order valence-electron chi connectivity index (χ1n) is 7.70. The molecule has 2 rings (SSSR count). The number of benzene rings is 2. The number of esters is 2. The van der Waals surface area contributed by atoms with Gasteiger partial charge < -0.3 is 19.7 Å². The molecule has 0 fully saturated rings. The Labute approximate surface area is 152 Å². The molecule has 0 unspecified atom stereocenters. The first-order chi connectivity index (χ1) is 12.5. The summed E-state index contributed by atoms with van der Waals surface area (Å²) in [5, 5.41) is 2.91. The van der Waals surface area contributed by atoms with Crippen LogP contribution in [0.3, 0.4) is 0 Å². The van der Waals surface area contributed by atoms with Crippen LogP contribution in [0.5, 0.6) is 0 Å². The van der Waals surface area contributed by atoms with Gasteiger partial charge in [-0.15, -0.1) is 0 Å². The zero-order valence-corrected chi connectivity index (χ0v) is 15.2. The largest absolute Gasteiger partial charge is 0.465 e. The maximum Gasteiger partial charge on any atom is 0.339 e. The van der Waals surface area contributed by atoms with E-state index >= 15 is 0 Å². The second kappa shape index (κ2) is 10.5. The van der Waals surface area contributed by atoms with Crippen molar-refractivity contribution in [2.24, 2.45) is 0 Å². The zero-order valence-electron chi connectivity index (χ0n) is 15.2. The summed E-state index contributed by atoms with van der Waals surface area (Å²) in [5.41, 5.74) is 2.26. The van der Waals surface area contributed by atoms with E-state index in [-0.39, 0.29) is 5.97 Å². The van der Waals surface area contributed by atoms with Crippen molar-refractivity contribution in [3.05, 3.63) is 59.7 Å². The summed E-state index contributed by atoms with van der Waals surface area (Å²) in [6.45, 7) is 0. The molecule has 2 aromatic carbocycles. The summed E-state index contributed by atoms with van der Waals surface area (Å²) in [6.07, 6.45) is 0.641. The maximum atomic E-state index is 11.3. The number of para-hydroxylation sites is 2. The molecule has 26 heavy (non-hydrogen) atoms. The van der Waals surface area contributed by atoms with E-state index < -0.39 is 5.97 Å². The van der Waals surface area contributed by atoms with E-state index in [4.69, 9.17) is 0 Å². The fourth-order valence-corrected chi connectivity index (χ4v) is 2.11. The van der Waals surface area contributed by atoms with E-state index in [1.165, 1.54) is 19.1 Å². The van der Waals surface area contributed by atoms with E-state index in [9.17, 15) is 14.4 Å². The van der Waals surface area contributed by atoms with Crippen LogP contribution >= 0.6 is 0 Å². The van der Waals surface area contributed by atoms with E-state index in [0.29, 0.717) is 23.2 Å². The van der Waals surface area contributed by atoms with Gasteiger partial charge in [0.15, 0.2) is 0 Å². The molecule has 1 N–H and O–H groups in total. The predicted octanol–water partition coefficient (Wildman–Crippen LogP) is 2.58. The van der Waals surface area contributed by atoms with Gasteiger partial charge in [0.2, 0.25) is 6.41 Å². The molecule has 0 aliphatic carbocycles. The van der Waals surface area contributed by atoms with Gasteiger partial charge in [-0.3, -0.25) is 4.79 Å². The lowest BCUT2D eigenvalue weighted by Crippen LogP contribution is -2.17. The minimum atomic E-state index is -0.450. The molecule has 0 spiro atoms. The van der Waals surface area contributed by atoms with E-state index in [2.05, 4.69) is 14.8 Å². The van der Waals surface area contributed by atoms with E-state index in [1.54, 1.807) is 50.5 Å². The monoisotopic (exact) mass is 358 g/mol. The number of methoxy groups -OCH3 is 2. The average Bonchev–Trinajstić information content (AvgIpc) is 2.72. The lowest BCUT2D eigenvalue weighted by Gasteiger charge is -2.13. The van der Waals surface area contributed by atoms with Crippen LogP contribution in [0.4, 0.5) is 11.4 Å². The summed E-state index contributed by atoms with van der Waals surface area (Å²) in [6, 6.07) is 14.0. The molecule has 0 saturated heterocycles. The van der Waals surface area contributed by atoms with Crippen LogP contribution in [-0.4, -0.2) is 46.7 Å². The molecule has 0 bridgehead atoms. The molecule has 0 aromatic heterocycles. The summed E-state index contributed by atoms with van der Waals surface area (Å²) in [7, 11) is 6.02. The average molecular weight is 358 g/mol. The first-order valence-corrected chi connectivity index (χ1v) is 7.70. The van der Waals surface area contributed by atoms with E-state index in [0.717, 1.165) is 5.69 Å². The third kappa shape index (κ3) is 5.34. The highest BCUT2D eigenvalue weighted by molar-refractivity contribution is 5.98. The fraction of sp³-hybridized carbons (Fsp3) is 0.211. The quantitative estimate of drug-likeness (QED) is 0.653. The number of anilines is 2. The molecule has 1 amide bonds. The molecule has 0 aliphatic heterocycles. The molecule has 0 atom stereocenters. The van der Waals surface area contributed by atoms with Crippen molar-refractivity contribution in [1.29, 1.82) is 0 Å². The van der Waals surface area contributed by atoms with Crippen LogP contribution < -0.4 is 10.2 Å². The Morgan fingerprint density at radius 2 is 1.42 bits per heavy atom. The third-order valence-corrected chi connectivity index (χ3v) is 3.45. The van der Waals surface area contributed by atoms with Gasteiger partial charge in [-0.05, 0) is 24.3 Å². The predicted molar refractivity (Wildman–Crippen MR) is 99.6 cm³/mol. The summed E-state index contributed by atoms with van der Waals surface area (Å²) in [5.74, 6) is -0.769. The van der Waals surface area contributed by atoms with Gasteiger partial charge in [-0.25, -0.2) is 9.59 Å². The van der Waals surface area contributed by atoms with Gasteiger partial charge in [0.05, 0.1) is 31.0 Å². The molecule has 138 valence electrons. The highest BCUT2D eigenvalue weighted by Crippen LogP contribution is 2.18. The molecule has 0 aliphatic rings. The molecular formula is C19H22N2O5. The lowest BCUT2D eigenvalue weighted by atomic mass is 10.1. The number of ether oxygens (including phenoxy) is 2. The van der Waals surface area contributed by atoms with Crippen molar-refractivity contribution in [3.8, 4) is 0 Å². The highest BCUT2D eigenvalue weighted by atomic mass is 16.5. The van der Waals surface area contributed by atoms with Crippen LogP contribution in [0, 0.1) is 0 Å². The SMILES string of the molecule is CNc1ccccc1C(=O)OC.COC(=O)c1ccccc1N(C)C=O. The van der Waals surface area contributed by atoms with Crippen LogP contribution in [0.1, 0.15) is 20.7 Å². The van der Waals surface area contributed by atoms with Crippen LogP contribution in [0.15, 0.2) is 48.5 Å². The smallest absolute Gasteiger partial charge is 0.339 e. The Hall–Kier alpha value is -3.35. The zero-order chi connectivity index (χ0) is 19.5. The first kappa shape index (κ1) is 20.7. The molecule has 2 aromatic rings. The summed E-state index contributed by atoms with van der Waals surface area (Å²) >= 11 is 0. The molecule has 7 heteroatoms. The van der Waals surface area contributed by atoms with Crippen molar-refractivity contribution in [2.45, 2.75) is 0 Å². The van der Waals surface area contributed by atoms with Gasteiger partial charge in [0.1, 0.15) is 0 Å².